The Morgan fingerprint density at radius 2 is 2.22 bits per heavy atom. The monoisotopic (exact) mass is 249 g/mol. The van der Waals surface area contributed by atoms with Crippen molar-refractivity contribution in [2.75, 3.05) is 13.7 Å². The molecule has 94 valence electrons. The van der Waals surface area contributed by atoms with Gasteiger partial charge in [-0.3, -0.25) is 10.1 Å². The number of carbonyl (C=O) groups is 1. The van der Waals surface area contributed by atoms with Crippen LogP contribution in [0.1, 0.15) is 12.5 Å². The van der Waals surface area contributed by atoms with Gasteiger partial charge in [-0.05, 0) is 13.0 Å². The molecule has 0 saturated heterocycles. The van der Waals surface area contributed by atoms with E-state index in [0.29, 0.717) is 5.75 Å². The Hall–Kier alpha value is -2.55. The third-order valence-corrected chi connectivity index (χ3v) is 1.97. The Labute approximate surface area is 104 Å². The van der Waals surface area contributed by atoms with Crippen molar-refractivity contribution in [3.63, 3.8) is 0 Å². The van der Waals surface area contributed by atoms with Crippen LogP contribution in [0.5, 0.6) is 5.75 Å². The molecule has 0 heterocycles. The maximum atomic E-state index is 11.1. The quantitative estimate of drug-likeness (QED) is 0.351. The number of hydrogen-bond donors (Lipinski definition) is 0. The van der Waals surface area contributed by atoms with Gasteiger partial charge in [-0.1, -0.05) is 5.92 Å². The fourth-order valence-electron chi connectivity index (χ4n) is 1.19. The van der Waals surface area contributed by atoms with E-state index in [0.717, 1.165) is 0 Å². The Bertz CT molecular complexity index is 527. The van der Waals surface area contributed by atoms with E-state index >= 15 is 0 Å². The van der Waals surface area contributed by atoms with Crippen LogP contribution in [0.3, 0.4) is 0 Å². The number of nitro benzene ring substituents is 1. The summed E-state index contributed by atoms with van der Waals surface area (Å²) in [5, 5.41) is 10.6. The number of benzene rings is 1. The highest BCUT2D eigenvalue weighted by Crippen LogP contribution is 2.22. The lowest BCUT2D eigenvalue weighted by atomic mass is 10.2. The zero-order chi connectivity index (χ0) is 13.5. The minimum absolute atomic E-state index is 0.121. The second-order valence-corrected chi connectivity index (χ2v) is 3.11. The van der Waals surface area contributed by atoms with Crippen LogP contribution in [-0.2, 0) is 9.53 Å². The van der Waals surface area contributed by atoms with Crippen molar-refractivity contribution < 1.29 is 19.2 Å². The van der Waals surface area contributed by atoms with Gasteiger partial charge in [0.1, 0.15) is 5.75 Å². The van der Waals surface area contributed by atoms with Crippen LogP contribution < -0.4 is 4.74 Å². The number of esters is 1. The molecule has 0 amide bonds. The molecule has 0 saturated carbocycles. The van der Waals surface area contributed by atoms with E-state index < -0.39 is 10.9 Å². The number of ether oxygens (including phenoxy) is 2. The van der Waals surface area contributed by atoms with Gasteiger partial charge in [-0.2, -0.15) is 0 Å². The van der Waals surface area contributed by atoms with Gasteiger partial charge < -0.3 is 9.47 Å². The molecule has 0 N–H and O–H groups in total. The van der Waals surface area contributed by atoms with Crippen molar-refractivity contribution >= 4 is 11.7 Å². The average Bonchev–Trinajstić information content (AvgIpc) is 2.36. The van der Waals surface area contributed by atoms with Crippen molar-refractivity contribution in [2.45, 2.75) is 6.92 Å². The molecule has 1 aromatic rings. The molecule has 0 fully saturated rings. The molecule has 0 aliphatic carbocycles. The molecule has 1 aromatic carbocycles. The van der Waals surface area contributed by atoms with Crippen molar-refractivity contribution in [1.82, 2.24) is 0 Å². The predicted molar refractivity (Wildman–Crippen MR) is 63.2 cm³/mol. The van der Waals surface area contributed by atoms with E-state index in [1.807, 2.05) is 0 Å². The Kier molecular flexibility index (Phi) is 4.69. The molecule has 0 unspecified atom stereocenters. The first-order chi connectivity index (χ1) is 8.58. The summed E-state index contributed by atoms with van der Waals surface area (Å²) >= 11 is 0. The smallest absolute Gasteiger partial charge is 0.384 e. The molecule has 0 bridgehead atoms. The number of rotatable bonds is 3. The highest BCUT2D eigenvalue weighted by Gasteiger charge is 2.09. The molecule has 0 aliphatic heterocycles. The summed E-state index contributed by atoms with van der Waals surface area (Å²) in [5.74, 6) is 4.39. The van der Waals surface area contributed by atoms with Crippen molar-refractivity contribution in [1.29, 1.82) is 0 Å². The molecule has 6 heteroatoms. The fourth-order valence-corrected chi connectivity index (χ4v) is 1.19. The van der Waals surface area contributed by atoms with Gasteiger partial charge in [-0.15, -0.1) is 0 Å². The van der Waals surface area contributed by atoms with Crippen molar-refractivity contribution in [3.8, 4) is 17.6 Å². The zero-order valence-electron chi connectivity index (χ0n) is 9.93. The van der Waals surface area contributed by atoms with E-state index in [9.17, 15) is 14.9 Å². The molecule has 0 aromatic heterocycles. The SMILES string of the molecule is CCOC(=O)C#Cc1cc([N+](=O)[O-])ccc1OC. The lowest BCUT2D eigenvalue weighted by Gasteiger charge is -2.02. The van der Waals surface area contributed by atoms with E-state index in [4.69, 9.17) is 4.74 Å². The molecular formula is C12H11NO5. The average molecular weight is 249 g/mol. The number of hydrogen-bond acceptors (Lipinski definition) is 5. The Balaban J connectivity index is 3.08. The first kappa shape index (κ1) is 13.5. The summed E-state index contributed by atoms with van der Waals surface area (Å²) in [5.41, 5.74) is 0.142. The molecule has 6 nitrogen and oxygen atoms in total. The largest absolute Gasteiger partial charge is 0.495 e. The molecule has 18 heavy (non-hydrogen) atoms. The first-order valence-corrected chi connectivity index (χ1v) is 5.09. The van der Waals surface area contributed by atoms with Crippen LogP contribution >= 0.6 is 0 Å². The summed E-state index contributed by atoms with van der Waals surface area (Å²) in [6, 6.07) is 3.97. The normalized spacial score (nSPS) is 9.00. The molecule has 0 spiro atoms. The summed E-state index contributed by atoms with van der Waals surface area (Å²) in [4.78, 5) is 21.1. The van der Waals surface area contributed by atoms with E-state index in [2.05, 4.69) is 16.6 Å². The summed E-state index contributed by atoms with van der Waals surface area (Å²) in [7, 11) is 1.41. The number of nitrogens with zero attached hydrogens (tertiary/aromatic N) is 1. The third-order valence-electron chi connectivity index (χ3n) is 1.97. The van der Waals surface area contributed by atoms with E-state index in [1.165, 1.54) is 25.3 Å². The van der Waals surface area contributed by atoms with Gasteiger partial charge in [0.2, 0.25) is 0 Å². The number of methoxy groups -OCH3 is 1. The predicted octanol–water partition coefficient (Wildman–Crippen LogP) is 1.52. The molecule has 1 rings (SSSR count). The van der Waals surface area contributed by atoms with Gasteiger partial charge >= 0.3 is 5.97 Å². The molecule has 0 radical (unpaired) electrons. The minimum Gasteiger partial charge on any atom is -0.495 e. The lowest BCUT2D eigenvalue weighted by molar-refractivity contribution is -0.384. The van der Waals surface area contributed by atoms with Gasteiger partial charge in [0.05, 0.1) is 24.2 Å². The van der Waals surface area contributed by atoms with Gasteiger partial charge in [0, 0.05) is 18.1 Å². The highest BCUT2D eigenvalue weighted by molar-refractivity contribution is 5.89. The molecule has 0 aliphatic rings. The third kappa shape index (κ3) is 3.49. The summed E-state index contributed by atoms with van der Waals surface area (Å²) in [6.07, 6.45) is 0. The second kappa shape index (κ2) is 6.25. The van der Waals surface area contributed by atoms with Gasteiger partial charge in [0.25, 0.3) is 5.69 Å². The molecular weight excluding hydrogens is 238 g/mol. The summed E-state index contributed by atoms with van der Waals surface area (Å²) < 4.78 is 9.62. The van der Waals surface area contributed by atoms with E-state index in [-0.39, 0.29) is 17.9 Å². The topological polar surface area (TPSA) is 78.7 Å². The number of non-ortho nitro benzene ring substituents is 1. The summed E-state index contributed by atoms with van der Waals surface area (Å²) in [6.45, 7) is 1.88. The van der Waals surface area contributed by atoms with Crippen LogP contribution in [0.25, 0.3) is 0 Å². The van der Waals surface area contributed by atoms with Crippen LogP contribution in [0.4, 0.5) is 5.69 Å². The maximum absolute atomic E-state index is 11.1. The lowest BCUT2D eigenvalue weighted by Crippen LogP contribution is -2.00. The standard InChI is InChI=1S/C12H11NO5/c1-3-18-12(14)7-4-9-8-10(13(15)16)5-6-11(9)17-2/h5-6,8H,3H2,1-2H3. The van der Waals surface area contributed by atoms with Crippen LogP contribution in [0.2, 0.25) is 0 Å². The second-order valence-electron chi connectivity index (χ2n) is 3.11. The maximum Gasteiger partial charge on any atom is 0.384 e. The van der Waals surface area contributed by atoms with E-state index in [1.54, 1.807) is 6.92 Å². The number of nitro groups is 1. The minimum atomic E-state index is -0.689. The molecule has 0 atom stereocenters. The van der Waals surface area contributed by atoms with Crippen molar-refractivity contribution in [2.24, 2.45) is 0 Å². The number of carbonyl (C=O) groups excluding carboxylic acids is 1. The first-order valence-electron chi connectivity index (χ1n) is 5.09. The highest BCUT2D eigenvalue weighted by atomic mass is 16.6. The van der Waals surface area contributed by atoms with Gasteiger partial charge in [-0.25, -0.2) is 4.79 Å². The Morgan fingerprint density at radius 3 is 2.78 bits per heavy atom. The van der Waals surface area contributed by atoms with Crippen molar-refractivity contribution in [3.05, 3.63) is 33.9 Å². The fraction of sp³-hybridized carbons (Fsp3) is 0.250. The van der Waals surface area contributed by atoms with Gasteiger partial charge in [0.15, 0.2) is 0 Å². The van der Waals surface area contributed by atoms with Crippen LogP contribution in [0.15, 0.2) is 18.2 Å². The van der Waals surface area contributed by atoms with Crippen LogP contribution in [0, 0.1) is 22.0 Å². The zero-order valence-corrected chi connectivity index (χ0v) is 9.93. The Morgan fingerprint density at radius 1 is 1.50 bits per heavy atom. The van der Waals surface area contributed by atoms with Crippen LogP contribution in [-0.4, -0.2) is 24.6 Å².